The van der Waals surface area contributed by atoms with E-state index in [9.17, 15) is 9.59 Å². The minimum absolute atomic E-state index is 0.251. The van der Waals surface area contributed by atoms with E-state index in [-0.39, 0.29) is 6.09 Å². The first-order valence-corrected chi connectivity index (χ1v) is 10.1. The summed E-state index contributed by atoms with van der Waals surface area (Å²) in [6.07, 6.45) is 2.36. The highest BCUT2D eigenvalue weighted by Gasteiger charge is 2.25. The molecule has 2 aromatic carbocycles. The molecule has 0 saturated carbocycles. The Morgan fingerprint density at radius 1 is 1.00 bits per heavy atom. The average Bonchev–Trinajstić information content (AvgIpc) is 3.16. The summed E-state index contributed by atoms with van der Waals surface area (Å²) in [5.41, 5.74) is 4.00. The van der Waals surface area contributed by atoms with Crippen LogP contribution in [0.5, 0.6) is 0 Å². The third kappa shape index (κ3) is 4.15. The van der Waals surface area contributed by atoms with Crippen LogP contribution in [0.25, 0.3) is 16.7 Å². The van der Waals surface area contributed by atoms with Crippen LogP contribution in [-0.4, -0.2) is 58.6 Å². The van der Waals surface area contributed by atoms with Crippen LogP contribution in [0, 0.1) is 0 Å². The monoisotopic (exact) mass is 406 g/mol. The fraction of sp³-hybridized carbons (Fsp3) is 0.348. The first-order chi connectivity index (χ1) is 14.3. The number of aromatic nitrogens is 2. The van der Waals surface area contributed by atoms with Gasteiger partial charge in [0.2, 0.25) is 0 Å². The highest BCUT2D eigenvalue weighted by Crippen LogP contribution is 2.23. The largest absolute Gasteiger partial charge is 0.444 e. The second-order valence-corrected chi connectivity index (χ2v) is 8.45. The fourth-order valence-corrected chi connectivity index (χ4v) is 3.60. The van der Waals surface area contributed by atoms with Crippen molar-refractivity contribution in [2.24, 2.45) is 0 Å². The first-order valence-electron chi connectivity index (χ1n) is 10.1. The van der Waals surface area contributed by atoms with Gasteiger partial charge in [0.1, 0.15) is 18.2 Å². The molecule has 2 heterocycles. The maximum absolute atomic E-state index is 12.2. The van der Waals surface area contributed by atoms with Crippen molar-refractivity contribution < 1.29 is 14.3 Å². The number of benzene rings is 2. The number of fused-ring (bicyclic) bond motifs is 1. The maximum atomic E-state index is 12.2. The van der Waals surface area contributed by atoms with E-state index in [4.69, 9.17) is 4.74 Å². The summed E-state index contributed by atoms with van der Waals surface area (Å²) in [5, 5.41) is 0. The average molecular weight is 406 g/mol. The van der Waals surface area contributed by atoms with E-state index in [2.05, 4.69) is 22.0 Å². The lowest BCUT2D eigenvalue weighted by Gasteiger charge is -2.36. The summed E-state index contributed by atoms with van der Waals surface area (Å²) < 4.78 is 7.44. The molecule has 156 valence electrons. The number of ether oxygens (including phenoxy) is 1. The number of carbonyl (C=O) groups is 2. The van der Waals surface area contributed by atoms with Gasteiger partial charge >= 0.3 is 6.09 Å². The molecule has 0 atom stereocenters. The number of nitrogens with zero attached hydrogens (tertiary/aromatic N) is 4. The minimum atomic E-state index is -0.478. The Balaban J connectivity index is 1.45. The van der Waals surface area contributed by atoms with E-state index < -0.39 is 5.60 Å². The van der Waals surface area contributed by atoms with Crippen molar-refractivity contribution in [3.63, 3.8) is 0 Å². The molecular weight excluding hydrogens is 380 g/mol. The Kier molecular flexibility index (Phi) is 5.20. The van der Waals surface area contributed by atoms with Crippen molar-refractivity contribution in [2.45, 2.75) is 26.4 Å². The highest BCUT2D eigenvalue weighted by molar-refractivity contribution is 5.86. The number of hydrogen-bond donors (Lipinski definition) is 0. The summed E-state index contributed by atoms with van der Waals surface area (Å²) in [4.78, 5) is 31.8. The number of rotatable bonds is 3. The summed E-state index contributed by atoms with van der Waals surface area (Å²) in [6.45, 7) is 8.43. The molecule has 7 heteroatoms. The standard InChI is InChI=1S/C23H26N4O3/c1-23(2,3)30-22(29)26-12-10-25(11-13-26)18-5-7-19(8-6-18)27-16-24-20-9-4-17(15-28)14-21(20)27/h4-9,14-16H,10-13H2,1-3H3. The Morgan fingerprint density at radius 2 is 1.67 bits per heavy atom. The molecule has 4 rings (SSSR count). The number of piperazine rings is 1. The lowest BCUT2D eigenvalue weighted by Crippen LogP contribution is -2.50. The predicted octanol–water partition coefficient (Wildman–Crippen LogP) is 3.90. The maximum Gasteiger partial charge on any atom is 0.410 e. The van der Waals surface area contributed by atoms with Gasteiger partial charge in [0.25, 0.3) is 0 Å². The molecule has 1 fully saturated rings. The minimum Gasteiger partial charge on any atom is -0.444 e. The molecule has 0 aliphatic carbocycles. The lowest BCUT2D eigenvalue weighted by molar-refractivity contribution is 0.0240. The lowest BCUT2D eigenvalue weighted by atomic mass is 10.2. The Bertz CT molecular complexity index is 1060. The van der Waals surface area contributed by atoms with Crippen molar-refractivity contribution >= 4 is 29.1 Å². The predicted molar refractivity (Wildman–Crippen MR) is 116 cm³/mol. The molecule has 0 bridgehead atoms. The topological polar surface area (TPSA) is 67.7 Å². The van der Waals surface area contributed by atoms with Crippen LogP contribution in [0.15, 0.2) is 48.8 Å². The molecule has 7 nitrogen and oxygen atoms in total. The molecule has 1 saturated heterocycles. The van der Waals surface area contributed by atoms with Crippen LogP contribution in [0.2, 0.25) is 0 Å². The van der Waals surface area contributed by atoms with Gasteiger partial charge in [0, 0.05) is 43.1 Å². The Hall–Kier alpha value is -3.35. The highest BCUT2D eigenvalue weighted by atomic mass is 16.6. The van der Waals surface area contributed by atoms with Crippen molar-refractivity contribution in [2.75, 3.05) is 31.1 Å². The molecule has 0 spiro atoms. The summed E-state index contributed by atoms with van der Waals surface area (Å²) in [5.74, 6) is 0. The zero-order valence-electron chi connectivity index (χ0n) is 17.5. The Labute approximate surface area is 175 Å². The number of imidazole rings is 1. The van der Waals surface area contributed by atoms with Crippen LogP contribution in [0.3, 0.4) is 0 Å². The third-order valence-electron chi connectivity index (χ3n) is 5.13. The van der Waals surface area contributed by atoms with E-state index in [0.717, 1.165) is 41.8 Å². The van der Waals surface area contributed by atoms with E-state index in [1.165, 1.54) is 0 Å². The van der Waals surface area contributed by atoms with Crippen LogP contribution >= 0.6 is 0 Å². The van der Waals surface area contributed by atoms with E-state index >= 15 is 0 Å². The summed E-state index contributed by atoms with van der Waals surface area (Å²) >= 11 is 0. The van der Waals surface area contributed by atoms with Crippen LogP contribution in [-0.2, 0) is 4.74 Å². The molecule has 1 amide bonds. The van der Waals surface area contributed by atoms with Gasteiger partial charge in [-0.05, 0) is 63.2 Å². The smallest absolute Gasteiger partial charge is 0.410 e. The van der Waals surface area contributed by atoms with Gasteiger partial charge in [-0.3, -0.25) is 9.36 Å². The molecule has 3 aromatic rings. The van der Waals surface area contributed by atoms with Gasteiger partial charge in [-0.1, -0.05) is 0 Å². The molecule has 0 radical (unpaired) electrons. The van der Waals surface area contributed by atoms with Gasteiger partial charge in [0.05, 0.1) is 11.0 Å². The van der Waals surface area contributed by atoms with Crippen molar-refractivity contribution in [1.82, 2.24) is 14.5 Å². The molecule has 1 aromatic heterocycles. The second-order valence-electron chi connectivity index (χ2n) is 8.45. The number of carbonyl (C=O) groups excluding carboxylic acids is 2. The van der Waals surface area contributed by atoms with Gasteiger partial charge in [0.15, 0.2) is 0 Å². The molecule has 0 N–H and O–H groups in total. The molecule has 0 unspecified atom stereocenters. The quantitative estimate of drug-likeness (QED) is 0.617. The van der Waals surface area contributed by atoms with Crippen LogP contribution in [0.1, 0.15) is 31.1 Å². The van der Waals surface area contributed by atoms with E-state index in [1.54, 1.807) is 17.3 Å². The van der Waals surface area contributed by atoms with Gasteiger partial charge in [-0.2, -0.15) is 0 Å². The van der Waals surface area contributed by atoms with Crippen LogP contribution < -0.4 is 4.90 Å². The van der Waals surface area contributed by atoms with Crippen molar-refractivity contribution in [3.8, 4) is 5.69 Å². The van der Waals surface area contributed by atoms with Gasteiger partial charge in [-0.15, -0.1) is 0 Å². The zero-order chi connectivity index (χ0) is 21.3. The number of anilines is 1. The van der Waals surface area contributed by atoms with Gasteiger partial charge < -0.3 is 14.5 Å². The number of hydrogen-bond acceptors (Lipinski definition) is 5. The normalized spacial score (nSPS) is 14.8. The Morgan fingerprint density at radius 3 is 2.30 bits per heavy atom. The van der Waals surface area contributed by atoms with Crippen molar-refractivity contribution in [1.29, 1.82) is 0 Å². The zero-order valence-corrected chi connectivity index (χ0v) is 17.5. The fourth-order valence-electron chi connectivity index (χ4n) is 3.60. The van der Waals surface area contributed by atoms with Crippen molar-refractivity contribution in [3.05, 3.63) is 54.4 Å². The summed E-state index contributed by atoms with van der Waals surface area (Å²) in [6, 6.07) is 13.7. The molecule has 1 aliphatic heterocycles. The second kappa shape index (κ2) is 7.82. The molecule has 1 aliphatic rings. The van der Waals surface area contributed by atoms with E-state index in [0.29, 0.717) is 18.7 Å². The first kappa shape index (κ1) is 19.9. The van der Waals surface area contributed by atoms with Crippen LogP contribution in [0.4, 0.5) is 10.5 Å². The van der Waals surface area contributed by atoms with Gasteiger partial charge in [-0.25, -0.2) is 9.78 Å². The number of amides is 1. The molecule has 30 heavy (non-hydrogen) atoms. The molecular formula is C23H26N4O3. The summed E-state index contributed by atoms with van der Waals surface area (Å²) in [7, 11) is 0. The van der Waals surface area contributed by atoms with E-state index in [1.807, 2.05) is 49.6 Å². The SMILES string of the molecule is CC(C)(C)OC(=O)N1CCN(c2ccc(-n3cnc4ccc(C=O)cc43)cc2)CC1. The number of aldehydes is 1. The third-order valence-corrected chi connectivity index (χ3v) is 5.13.